The molecular weight excluding hydrogens is 208 g/mol. The fraction of sp³-hybridized carbons (Fsp3) is 0.692. The van der Waals surface area contributed by atoms with Crippen molar-refractivity contribution in [3.63, 3.8) is 0 Å². The maximum atomic E-state index is 13.7. The van der Waals surface area contributed by atoms with Gasteiger partial charge in [-0.05, 0) is 32.9 Å². The third-order valence-electron chi connectivity index (χ3n) is 3.44. The molecule has 1 nitrogen and oxygen atoms in total. The lowest BCUT2D eigenvalue weighted by Gasteiger charge is -2.37. The molecule has 2 atom stereocenters. The Kier molecular flexibility index (Phi) is 4.66. The molecule has 0 aliphatic carbocycles. The Bertz CT molecular complexity index is 259. The lowest BCUT2D eigenvalue weighted by Crippen LogP contribution is -2.43. The average Bonchev–Trinajstić information content (AvgIpc) is 2.28. The van der Waals surface area contributed by atoms with Gasteiger partial charge in [-0.3, -0.25) is 0 Å². The van der Waals surface area contributed by atoms with Crippen molar-refractivity contribution in [1.29, 1.82) is 0 Å². The van der Waals surface area contributed by atoms with Crippen molar-refractivity contribution in [1.82, 2.24) is 4.90 Å². The smallest absolute Gasteiger partial charge is 0.131 e. The molecule has 0 aromatic rings. The largest absolute Gasteiger partial charge is 0.302 e. The summed E-state index contributed by atoms with van der Waals surface area (Å²) in [7, 11) is 0. The van der Waals surface area contributed by atoms with Crippen LogP contribution in [0.5, 0.6) is 0 Å². The number of alkyl halides is 1. The van der Waals surface area contributed by atoms with Crippen LogP contribution in [0.2, 0.25) is 0 Å². The Balaban J connectivity index is 2.69. The van der Waals surface area contributed by atoms with E-state index in [2.05, 4.69) is 18.1 Å². The summed E-state index contributed by atoms with van der Waals surface area (Å²) in [5.74, 6) is -0.592. The third-order valence-corrected chi connectivity index (χ3v) is 3.44. The minimum Gasteiger partial charge on any atom is -0.302 e. The van der Waals surface area contributed by atoms with Crippen molar-refractivity contribution in [3.05, 3.63) is 25.1 Å². The fourth-order valence-corrected chi connectivity index (χ4v) is 2.16. The molecule has 0 bridgehead atoms. The molecule has 1 rings (SSSR count). The van der Waals surface area contributed by atoms with Crippen LogP contribution < -0.4 is 0 Å². The zero-order valence-corrected chi connectivity index (χ0v) is 10.0. The van der Waals surface area contributed by atoms with Crippen LogP contribution >= 0.6 is 0 Å². The predicted octanol–water partition coefficient (Wildman–Crippen LogP) is 3.49. The van der Waals surface area contributed by atoms with Crippen molar-refractivity contribution in [2.24, 2.45) is 5.41 Å². The first kappa shape index (κ1) is 13.4. The van der Waals surface area contributed by atoms with E-state index in [-0.39, 0.29) is 0 Å². The molecule has 0 aromatic carbocycles. The first-order valence-corrected chi connectivity index (χ1v) is 5.84. The highest BCUT2D eigenvalue weighted by Gasteiger charge is 2.38. The van der Waals surface area contributed by atoms with E-state index >= 15 is 0 Å². The van der Waals surface area contributed by atoms with Crippen LogP contribution in [0.4, 0.5) is 8.78 Å². The second-order valence-electron chi connectivity index (χ2n) is 4.80. The van der Waals surface area contributed by atoms with Gasteiger partial charge in [0.1, 0.15) is 12.0 Å². The topological polar surface area (TPSA) is 3.24 Å². The maximum absolute atomic E-state index is 13.7. The molecule has 1 aliphatic heterocycles. The van der Waals surface area contributed by atoms with Crippen LogP contribution in [0.15, 0.2) is 25.1 Å². The number of rotatable bonds is 5. The van der Waals surface area contributed by atoms with Crippen molar-refractivity contribution in [3.8, 4) is 0 Å². The van der Waals surface area contributed by atoms with E-state index in [0.717, 1.165) is 32.0 Å². The van der Waals surface area contributed by atoms with Gasteiger partial charge >= 0.3 is 0 Å². The van der Waals surface area contributed by atoms with Gasteiger partial charge in [0.15, 0.2) is 0 Å². The van der Waals surface area contributed by atoms with Gasteiger partial charge in [-0.2, -0.15) is 0 Å². The molecule has 0 aromatic heterocycles. The molecule has 92 valence electrons. The SMILES string of the molecule is C=CC(F)C(C)(CN1CCCCC1)C(=C)F. The van der Waals surface area contributed by atoms with Crippen LogP contribution in [-0.2, 0) is 0 Å². The molecule has 1 fully saturated rings. The number of allylic oxidation sites excluding steroid dienone is 1. The summed E-state index contributed by atoms with van der Waals surface area (Å²) >= 11 is 0. The average molecular weight is 229 g/mol. The van der Waals surface area contributed by atoms with Gasteiger partial charge in [0, 0.05) is 6.54 Å². The molecule has 1 heterocycles. The van der Waals surface area contributed by atoms with E-state index in [1.807, 2.05) is 0 Å². The Morgan fingerprint density at radius 1 is 1.44 bits per heavy atom. The van der Waals surface area contributed by atoms with Crippen molar-refractivity contribution in [2.45, 2.75) is 32.4 Å². The van der Waals surface area contributed by atoms with Gasteiger partial charge in [-0.1, -0.05) is 19.1 Å². The minimum atomic E-state index is -1.38. The fourth-order valence-electron chi connectivity index (χ4n) is 2.16. The van der Waals surface area contributed by atoms with E-state index < -0.39 is 17.4 Å². The molecule has 0 N–H and O–H groups in total. The Hall–Kier alpha value is -0.700. The molecule has 3 heteroatoms. The summed E-state index contributed by atoms with van der Waals surface area (Å²) in [4.78, 5) is 2.12. The predicted molar refractivity (Wildman–Crippen MR) is 63.7 cm³/mol. The molecule has 2 unspecified atom stereocenters. The zero-order valence-electron chi connectivity index (χ0n) is 10.0. The van der Waals surface area contributed by atoms with Gasteiger partial charge in [0.2, 0.25) is 0 Å². The quantitative estimate of drug-likeness (QED) is 0.652. The second kappa shape index (κ2) is 5.58. The number of hydrogen-bond donors (Lipinski definition) is 0. The zero-order chi connectivity index (χ0) is 12.2. The minimum absolute atomic E-state index is 0.384. The first-order chi connectivity index (χ1) is 7.50. The Morgan fingerprint density at radius 3 is 2.44 bits per heavy atom. The number of piperidine rings is 1. The van der Waals surface area contributed by atoms with E-state index in [4.69, 9.17) is 0 Å². The lowest BCUT2D eigenvalue weighted by molar-refractivity contribution is 0.0945. The van der Waals surface area contributed by atoms with Crippen molar-refractivity contribution in [2.75, 3.05) is 19.6 Å². The monoisotopic (exact) mass is 229 g/mol. The molecular formula is C13H21F2N. The van der Waals surface area contributed by atoms with Gasteiger partial charge in [-0.15, -0.1) is 6.58 Å². The van der Waals surface area contributed by atoms with Gasteiger partial charge < -0.3 is 4.90 Å². The number of likely N-dealkylation sites (tertiary alicyclic amines) is 1. The summed E-state index contributed by atoms with van der Waals surface area (Å²) in [6, 6.07) is 0. The Labute approximate surface area is 96.8 Å². The van der Waals surface area contributed by atoms with E-state index in [0.29, 0.717) is 6.54 Å². The summed E-state index contributed by atoms with van der Waals surface area (Å²) in [6.45, 7) is 10.5. The van der Waals surface area contributed by atoms with Crippen LogP contribution in [0.3, 0.4) is 0 Å². The maximum Gasteiger partial charge on any atom is 0.131 e. The molecule has 16 heavy (non-hydrogen) atoms. The Morgan fingerprint density at radius 2 is 2.00 bits per heavy atom. The van der Waals surface area contributed by atoms with E-state index in [1.165, 1.54) is 6.42 Å². The molecule has 0 spiro atoms. The third kappa shape index (κ3) is 2.91. The van der Waals surface area contributed by atoms with Gasteiger partial charge in [0.05, 0.1) is 5.41 Å². The van der Waals surface area contributed by atoms with Crippen LogP contribution in [-0.4, -0.2) is 30.7 Å². The number of halogens is 2. The number of nitrogens with zero attached hydrogens (tertiary/aromatic N) is 1. The van der Waals surface area contributed by atoms with Gasteiger partial charge in [0.25, 0.3) is 0 Å². The standard InChI is InChI=1S/C13H21F2N/c1-4-12(15)13(3,11(2)14)10-16-8-6-5-7-9-16/h4,12H,1-2,5-10H2,3H3. The van der Waals surface area contributed by atoms with Crippen molar-refractivity contribution < 1.29 is 8.78 Å². The van der Waals surface area contributed by atoms with Crippen molar-refractivity contribution >= 4 is 0 Å². The summed E-state index contributed by atoms with van der Waals surface area (Å²) in [6.07, 6.45) is 3.21. The van der Waals surface area contributed by atoms with Crippen LogP contribution in [0, 0.1) is 5.41 Å². The molecule has 0 saturated carbocycles. The highest BCUT2D eigenvalue weighted by molar-refractivity contribution is 5.10. The molecule has 0 radical (unpaired) electrons. The second-order valence-corrected chi connectivity index (χ2v) is 4.80. The molecule has 0 amide bonds. The lowest BCUT2D eigenvalue weighted by atomic mass is 9.83. The number of hydrogen-bond acceptors (Lipinski definition) is 1. The first-order valence-electron chi connectivity index (χ1n) is 5.84. The summed E-state index contributed by atoms with van der Waals surface area (Å²) in [5, 5.41) is 0. The van der Waals surface area contributed by atoms with Crippen LogP contribution in [0.1, 0.15) is 26.2 Å². The van der Waals surface area contributed by atoms with Gasteiger partial charge in [-0.25, -0.2) is 8.78 Å². The highest BCUT2D eigenvalue weighted by atomic mass is 19.1. The van der Waals surface area contributed by atoms with E-state index in [1.54, 1.807) is 6.92 Å². The highest BCUT2D eigenvalue weighted by Crippen LogP contribution is 2.35. The van der Waals surface area contributed by atoms with Crippen LogP contribution in [0.25, 0.3) is 0 Å². The van der Waals surface area contributed by atoms with E-state index in [9.17, 15) is 8.78 Å². The normalized spacial score (nSPS) is 23.4. The summed E-state index contributed by atoms with van der Waals surface area (Å²) in [5.41, 5.74) is -1.15. The summed E-state index contributed by atoms with van der Waals surface area (Å²) < 4.78 is 27.2. The molecule has 1 aliphatic rings. The molecule has 1 saturated heterocycles.